The Bertz CT molecular complexity index is 1320. The van der Waals surface area contributed by atoms with Crippen molar-refractivity contribution >= 4 is 40.6 Å². The summed E-state index contributed by atoms with van der Waals surface area (Å²) in [4.78, 5) is 17.1. The van der Waals surface area contributed by atoms with Gasteiger partial charge in [-0.1, -0.05) is 49.6 Å². The average Bonchev–Trinajstić information content (AvgIpc) is 3.05. The Balaban J connectivity index is 1.16. The van der Waals surface area contributed by atoms with E-state index in [1.54, 1.807) is 12.1 Å². The third kappa shape index (κ3) is 6.77. The van der Waals surface area contributed by atoms with Crippen LogP contribution >= 0.6 is 12.2 Å². The van der Waals surface area contributed by atoms with Crippen LogP contribution in [0.1, 0.15) is 56.9 Å². The van der Waals surface area contributed by atoms with Gasteiger partial charge in [0.15, 0.2) is 5.11 Å². The molecule has 1 saturated carbocycles. The molecule has 1 aliphatic carbocycles. The van der Waals surface area contributed by atoms with E-state index in [-0.39, 0.29) is 11.2 Å². The van der Waals surface area contributed by atoms with Crippen molar-refractivity contribution in [2.45, 2.75) is 56.8 Å². The highest BCUT2D eigenvalue weighted by Gasteiger charge is 2.34. The third-order valence-electron chi connectivity index (χ3n) is 9.18. The lowest BCUT2D eigenvalue weighted by Crippen LogP contribution is -2.47. The highest BCUT2D eigenvalue weighted by Crippen LogP contribution is 2.39. The van der Waals surface area contributed by atoms with Gasteiger partial charge in [0.25, 0.3) is 0 Å². The first-order valence-electron chi connectivity index (χ1n) is 15.6. The number of piperidine rings is 1. The molecule has 2 N–H and O–H groups in total. The zero-order valence-electron chi connectivity index (χ0n) is 24.4. The van der Waals surface area contributed by atoms with Gasteiger partial charge in [0, 0.05) is 63.0 Å². The Hall–Kier alpha value is -3.46. The number of hydrogen-bond donors (Lipinski definition) is 2. The van der Waals surface area contributed by atoms with Crippen molar-refractivity contribution in [2.24, 2.45) is 0 Å². The molecule has 3 fully saturated rings. The summed E-state index contributed by atoms with van der Waals surface area (Å²) in [6.07, 6.45) is 9.34. The lowest BCUT2D eigenvalue weighted by atomic mass is 9.69. The summed E-state index contributed by atoms with van der Waals surface area (Å²) in [5.41, 5.74) is 2.39. The quantitative estimate of drug-likeness (QED) is 0.321. The first-order chi connectivity index (χ1) is 20.6. The van der Waals surface area contributed by atoms with Gasteiger partial charge in [-0.3, -0.25) is 0 Å². The van der Waals surface area contributed by atoms with Crippen LogP contribution in [0.25, 0.3) is 0 Å². The number of nitrogens with zero attached hydrogens (tertiary/aromatic N) is 5. The maximum Gasteiger partial charge on any atom is 0.232 e. The predicted molar refractivity (Wildman–Crippen MR) is 174 cm³/mol. The van der Waals surface area contributed by atoms with Crippen molar-refractivity contribution < 1.29 is 4.39 Å². The molecule has 1 aromatic heterocycles. The first kappa shape index (κ1) is 28.6. The Morgan fingerprint density at radius 3 is 2.00 bits per heavy atom. The van der Waals surface area contributed by atoms with Gasteiger partial charge in [0.05, 0.1) is 0 Å². The van der Waals surface area contributed by atoms with Crippen LogP contribution in [0.5, 0.6) is 0 Å². The van der Waals surface area contributed by atoms with Gasteiger partial charge >= 0.3 is 0 Å². The molecular formula is C33H42FN7S. The number of rotatable bonds is 7. The van der Waals surface area contributed by atoms with Gasteiger partial charge in [0.2, 0.25) is 5.95 Å². The molecule has 0 bridgehead atoms. The van der Waals surface area contributed by atoms with E-state index < -0.39 is 0 Å². The fourth-order valence-corrected chi connectivity index (χ4v) is 6.92. The van der Waals surface area contributed by atoms with Crippen molar-refractivity contribution in [1.29, 1.82) is 0 Å². The molecule has 222 valence electrons. The molecule has 3 heterocycles. The van der Waals surface area contributed by atoms with E-state index in [0.717, 1.165) is 63.7 Å². The summed E-state index contributed by atoms with van der Waals surface area (Å²) in [7, 11) is 0. The molecule has 2 saturated heterocycles. The molecule has 0 spiro atoms. The molecule has 3 aromatic rings. The zero-order valence-corrected chi connectivity index (χ0v) is 25.2. The first-order valence-corrected chi connectivity index (χ1v) is 16.0. The highest BCUT2D eigenvalue weighted by atomic mass is 32.1. The van der Waals surface area contributed by atoms with E-state index in [4.69, 9.17) is 22.2 Å². The molecule has 3 aliphatic rings. The van der Waals surface area contributed by atoms with Gasteiger partial charge in [-0.15, -0.1) is 0 Å². The number of halogens is 1. The van der Waals surface area contributed by atoms with Crippen molar-refractivity contribution in [3.05, 3.63) is 72.0 Å². The summed E-state index contributed by atoms with van der Waals surface area (Å²) in [5, 5.41) is 7.34. The molecule has 0 atom stereocenters. The van der Waals surface area contributed by atoms with Crippen molar-refractivity contribution in [1.82, 2.24) is 15.3 Å². The minimum Gasteiger partial charge on any atom is -0.368 e. The SMILES string of the molecule is Fc1ccc(C2(CNC(=S)Nc3nc(N4CCCCC4)cc(N4CCN(c5ccccc5)CC4)n3)CCCCC2)cc1. The van der Waals surface area contributed by atoms with Crippen LogP contribution in [0.3, 0.4) is 0 Å². The van der Waals surface area contributed by atoms with Crippen LogP contribution in [-0.4, -0.2) is 60.9 Å². The average molecular weight is 588 g/mol. The molecule has 42 heavy (non-hydrogen) atoms. The second-order valence-corrected chi connectivity index (χ2v) is 12.3. The van der Waals surface area contributed by atoms with Crippen molar-refractivity contribution in [2.75, 3.05) is 65.8 Å². The normalized spacial score (nSPS) is 18.9. The molecule has 6 rings (SSSR count). The summed E-state index contributed by atoms with van der Waals surface area (Å²) in [6.45, 7) is 6.41. The van der Waals surface area contributed by atoms with Crippen LogP contribution in [0.15, 0.2) is 60.7 Å². The summed E-state index contributed by atoms with van der Waals surface area (Å²) < 4.78 is 13.7. The van der Waals surface area contributed by atoms with E-state index >= 15 is 0 Å². The molecule has 2 aromatic carbocycles. The smallest absolute Gasteiger partial charge is 0.232 e. The monoisotopic (exact) mass is 587 g/mol. The van der Waals surface area contributed by atoms with Crippen LogP contribution in [0.2, 0.25) is 0 Å². The van der Waals surface area contributed by atoms with Gasteiger partial charge in [-0.25, -0.2) is 4.39 Å². The summed E-state index contributed by atoms with van der Waals surface area (Å²) >= 11 is 5.80. The molecule has 7 nitrogen and oxygen atoms in total. The number of aromatic nitrogens is 2. The number of para-hydroxylation sites is 1. The van der Waals surface area contributed by atoms with Gasteiger partial charge in [-0.05, 0) is 74.2 Å². The topological polar surface area (TPSA) is 59.6 Å². The van der Waals surface area contributed by atoms with Crippen LogP contribution in [0, 0.1) is 5.82 Å². The zero-order chi connectivity index (χ0) is 28.8. The number of anilines is 4. The minimum absolute atomic E-state index is 0.0578. The molecular weight excluding hydrogens is 545 g/mol. The lowest BCUT2D eigenvalue weighted by molar-refractivity contribution is 0.292. The van der Waals surface area contributed by atoms with E-state index in [2.05, 4.69) is 61.7 Å². The van der Waals surface area contributed by atoms with Crippen LogP contribution in [-0.2, 0) is 5.41 Å². The standard InChI is InChI=1S/C33H42FN7S/c34-27-14-12-26(13-15-27)33(16-6-2-7-17-33)25-35-32(42)38-31-36-29(40-18-8-3-9-19-40)24-30(37-31)41-22-20-39(21-23-41)28-10-4-1-5-11-28/h1,4-5,10-15,24H,2-3,6-9,16-23,25H2,(H2,35,36,37,38,42). The molecule has 0 unspecified atom stereocenters. The van der Waals surface area contributed by atoms with E-state index in [1.807, 2.05) is 12.1 Å². The molecule has 2 aliphatic heterocycles. The lowest BCUT2D eigenvalue weighted by Gasteiger charge is -2.38. The highest BCUT2D eigenvalue weighted by molar-refractivity contribution is 7.80. The van der Waals surface area contributed by atoms with E-state index in [1.165, 1.54) is 49.8 Å². The number of hydrogen-bond acceptors (Lipinski definition) is 6. The van der Waals surface area contributed by atoms with Gasteiger partial charge < -0.3 is 25.3 Å². The van der Waals surface area contributed by atoms with Gasteiger partial charge in [0.1, 0.15) is 17.5 Å². The Kier molecular flexibility index (Phi) is 9.03. The van der Waals surface area contributed by atoms with E-state index in [0.29, 0.717) is 17.6 Å². The Morgan fingerprint density at radius 2 is 1.33 bits per heavy atom. The number of thiocarbonyl (C=S) groups is 1. The minimum atomic E-state index is -0.196. The number of nitrogens with one attached hydrogen (secondary N) is 2. The predicted octanol–water partition coefficient (Wildman–Crippen LogP) is 6.12. The number of piperazine rings is 1. The second kappa shape index (κ2) is 13.2. The van der Waals surface area contributed by atoms with E-state index in [9.17, 15) is 4.39 Å². The largest absolute Gasteiger partial charge is 0.368 e. The number of benzene rings is 2. The maximum atomic E-state index is 13.7. The molecule has 9 heteroatoms. The van der Waals surface area contributed by atoms with Gasteiger partial charge in [-0.2, -0.15) is 9.97 Å². The van der Waals surface area contributed by atoms with Crippen molar-refractivity contribution in [3.8, 4) is 0 Å². The van der Waals surface area contributed by atoms with Crippen LogP contribution < -0.4 is 25.3 Å². The summed E-state index contributed by atoms with van der Waals surface area (Å²) in [5.74, 6) is 2.25. The third-order valence-corrected chi connectivity index (χ3v) is 9.43. The molecule has 0 amide bonds. The fraction of sp³-hybridized carbons (Fsp3) is 0.485. The van der Waals surface area contributed by atoms with Crippen LogP contribution in [0.4, 0.5) is 27.7 Å². The Morgan fingerprint density at radius 1 is 0.738 bits per heavy atom. The fourth-order valence-electron chi connectivity index (χ4n) is 6.75. The maximum absolute atomic E-state index is 13.7. The Labute approximate surface area is 254 Å². The summed E-state index contributed by atoms with van der Waals surface area (Å²) in [6, 6.07) is 19.8. The molecule has 0 radical (unpaired) electrons. The second-order valence-electron chi connectivity index (χ2n) is 11.9. The van der Waals surface area contributed by atoms with Crippen molar-refractivity contribution in [3.63, 3.8) is 0 Å².